The van der Waals surface area contributed by atoms with Crippen LogP contribution in [0.5, 0.6) is 0 Å². The molecule has 0 aliphatic heterocycles. The van der Waals surface area contributed by atoms with Gasteiger partial charge in [0.2, 0.25) is 0 Å². The highest BCUT2D eigenvalue weighted by Gasteiger charge is 2.32. The molecule has 1 N–H and O–H groups in total. The number of nitrogens with zero attached hydrogens (tertiary/aromatic N) is 2. The summed E-state index contributed by atoms with van der Waals surface area (Å²) in [5, 5.41) is 3.10. The predicted molar refractivity (Wildman–Crippen MR) is 89.6 cm³/mol. The molecule has 0 unspecified atom stereocenters. The Labute approximate surface area is 131 Å². The summed E-state index contributed by atoms with van der Waals surface area (Å²) in [5.74, 6) is 0.658. The van der Waals surface area contributed by atoms with Gasteiger partial charge < -0.3 is 15.1 Å². The third kappa shape index (κ3) is 7.70. The largest absolute Gasteiger partial charge is 0.338 e. The van der Waals surface area contributed by atoms with Gasteiger partial charge in [-0.05, 0) is 65.5 Å². The summed E-state index contributed by atoms with van der Waals surface area (Å²) in [6.45, 7) is 11.7. The zero-order valence-corrected chi connectivity index (χ0v) is 14.7. The highest BCUT2D eigenvalue weighted by atomic mass is 16.2. The molecular formula is C17H35N3O. The van der Waals surface area contributed by atoms with Crippen molar-refractivity contribution in [1.82, 2.24) is 15.1 Å². The Bertz CT molecular complexity index is 300. The molecule has 1 rings (SSSR count). The van der Waals surface area contributed by atoms with Crippen molar-refractivity contribution in [3.05, 3.63) is 0 Å². The SMILES string of the molecule is CC(C)CCN(C(=O)NCCCCN(C)C(C)C)C1CC1. The smallest absolute Gasteiger partial charge is 0.317 e. The quantitative estimate of drug-likeness (QED) is 0.628. The summed E-state index contributed by atoms with van der Waals surface area (Å²) >= 11 is 0. The second kappa shape index (κ2) is 9.29. The average Bonchev–Trinajstić information content (AvgIpc) is 3.22. The van der Waals surface area contributed by atoms with Crippen molar-refractivity contribution in [3.8, 4) is 0 Å². The van der Waals surface area contributed by atoms with Gasteiger partial charge in [0.05, 0.1) is 0 Å². The maximum atomic E-state index is 12.2. The first-order valence-corrected chi connectivity index (χ1v) is 8.66. The Kier molecular flexibility index (Phi) is 8.09. The van der Waals surface area contributed by atoms with Crippen LogP contribution in [0, 0.1) is 5.92 Å². The molecule has 0 saturated heterocycles. The molecule has 0 bridgehead atoms. The van der Waals surface area contributed by atoms with Crippen LogP contribution >= 0.6 is 0 Å². The van der Waals surface area contributed by atoms with Crippen molar-refractivity contribution >= 4 is 6.03 Å². The first-order chi connectivity index (χ1) is 9.91. The highest BCUT2D eigenvalue weighted by Crippen LogP contribution is 2.27. The monoisotopic (exact) mass is 297 g/mol. The molecule has 1 aliphatic carbocycles. The minimum Gasteiger partial charge on any atom is -0.338 e. The summed E-state index contributed by atoms with van der Waals surface area (Å²) in [6, 6.07) is 1.26. The van der Waals surface area contributed by atoms with Crippen LogP contribution in [0.1, 0.15) is 59.8 Å². The number of carbonyl (C=O) groups excluding carboxylic acids is 1. The normalized spacial score (nSPS) is 15.0. The molecule has 2 amide bonds. The van der Waals surface area contributed by atoms with Crippen LogP contribution in [0.3, 0.4) is 0 Å². The van der Waals surface area contributed by atoms with Gasteiger partial charge in [0.1, 0.15) is 0 Å². The number of rotatable bonds is 10. The van der Waals surface area contributed by atoms with E-state index in [2.05, 4.69) is 49.9 Å². The van der Waals surface area contributed by atoms with Gasteiger partial charge in [-0.2, -0.15) is 0 Å². The van der Waals surface area contributed by atoms with Crippen LogP contribution in [0.25, 0.3) is 0 Å². The first-order valence-electron chi connectivity index (χ1n) is 8.66. The van der Waals surface area contributed by atoms with Gasteiger partial charge in [-0.1, -0.05) is 13.8 Å². The molecule has 0 atom stereocenters. The van der Waals surface area contributed by atoms with Gasteiger partial charge >= 0.3 is 6.03 Å². The first kappa shape index (κ1) is 18.3. The third-order valence-electron chi connectivity index (χ3n) is 4.29. The predicted octanol–water partition coefficient (Wildman–Crippen LogP) is 3.33. The van der Waals surface area contributed by atoms with Gasteiger partial charge in [-0.25, -0.2) is 4.79 Å². The Morgan fingerprint density at radius 2 is 1.81 bits per heavy atom. The minimum absolute atomic E-state index is 0.148. The Balaban J connectivity index is 2.15. The van der Waals surface area contributed by atoms with E-state index >= 15 is 0 Å². The lowest BCUT2D eigenvalue weighted by atomic mass is 10.1. The van der Waals surface area contributed by atoms with E-state index in [4.69, 9.17) is 0 Å². The number of hydrogen-bond acceptors (Lipinski definition) is 2. The van der Waals surface area contributed by atoms with Crippen molar-refractivity contribution in [2.24, 2.45) is 5.92 Å². The zero-order chi connectivity index (χ0) is 15.8. The highest BCUT2D eigenvalue weighted by molar-refractivity contribution is 5.74. The van der Waals surface area contributed by atoms with E-state index in [-0.39, 0.29) is 6.03 Å². The molecular weight excluding hydrogens is 262 g/mol. The van der Waals surface area contributed by atoms with Crippen molar-refractivity contribution in [1.29, 1.82) is 0 Å². The summed E-state index contributed by atoms with van der Waals surface area (Å²) in [6.07, 6.45) is 5.67. The van der Waals surface area contributed by atoms with Gasteiger partial charge in [0.15, 0.2) is 0 Å². The molecule has 0 radical (unpaired) electrons. The fraction of sp³-hybridized carbons (Fsp3) is 0.941. The molecule has 1 aliphatic rings. The number of carbonyl (C=O) groups is 1. The molecule has 4 nitrogen and oxygen atoms in total. The number of amides is 2. The molecule has 124 valence electrons. The summed E-state index contributed by atoms with van der Waals surface area (Å²) in [4.78, 5) is 16.7. The van der Waals surface area contributed by atoms with Gasteiger partial charge in [0, 0.05) is 25.2 Å². The molecule has 0 spiro atoms. The van der Waals surface area contributed by atoms with Crippen LogP contribution < -0.4 is 5.32 Å². The topological polar surface area (TPSA) is 35.6 Å². The van der Waals surface area contributed by atoms with Crippen molar-refractivity contribution in [3.63, 3.8) is 0 Å². The minimum atomic E-state index is 0.148. The number of unbranched alkanes of at least 4 members (excludes halogenated alkanes) is 1. The van der Waals surface area contributed by atoms with Crippen LogP contribution in [0.15, 0.2) is 0 Å². The Morgan fingerprint density at radius 3 is 2.33 bits per heavy atom. The summed E-state index contributed by atoms with van der Waals surface area (Å²) in [5.41, 5.74) is 0. The Hall–Kier alpha value is -0.770. The molecule has 0 aromatic carbocycles. The molecule has 0 heterocycles. The van der Waals surface area contributed by atoms with E-state index in [1.807, 2.05) is 0 Å². The molecule has 21 heavy (non-hydrogen) atoms. The maximum Gasteiger partial charge on any atom is 0.317 e. The number of hydrogen-bond donors (Lipinski definition) is 1. The number of nitrogens with one attached hydrogen (secondary N) is 1. The van der Waals surface area contributed by atoms with Gasteiger partial charge in [-0.15, -0.1) is 0 Å². The van der Waals surface area contributed by atoms with E-state index in [1.165, 1.54) is 12.8 Å². The van der Waals surface area contributed by atoms with Gasteiger partial charge in [-0.3, -0.25) is 0 Å². The molecule has 0 aromatic heterocycles. The molecule has 1 saturated carbocycles. The zero-order valence-electron chi connectivity index (χ0n) is 14.7. The molecule has 4 heteroatoms. The fourth-order valence-electron chi connectivity index (χ4n) is 2.27. The Morgan fingerprint density at radius 1 is 1.14 bits per heavy atom. The van der Waals surface area contributed by atoms with E-state index in [9.17, 15) is 4.79 Å². The average molecular weight is 297 g/mol. The van der Waals surface area contributed by atoms with Crippen LogP contribution in [-0.4, -0.2) is 54.6 Å². The lowest BCUT2D eigenvalue weighted by molar-refractivity contribution is 0.191. The third-order valence-corrected chi connectivity index (χ3v) is 4.29. The molecule has 1 fully saturated rings. The fourth-order valence-corrected chi connectivity index (χ4v) is 2.27. The van der Waals surface area contributed by atoms with E-state index in [0.717, 1.165) is 38.9 Å². The second-order valence-corrected chi connectivity index (χ2v) is 7.12. The van der Waals surface area contributed by atoms with Crippen molar-refractivity contribution in [2.75, 3.05) is 26.7 Å². The summed E-state index contributed by atoms with van der Waals surface area (Å²) in [7, 11) is 2.16. The summed E-state index contributed by atoms with van der Waals surface area (Å²) < 4.78 is 0. The van der Waals surface area contributed by atoms with Gasteiger partial charge in [0.25, 0.3) is 0 Å². The lowest BCUT2D eigenvalue weighted by Crippen LogP contribution is -2.42. The lowest BCUT2D eigenvalue weighted by Gasteiger charge is -2.24. The van der Waals surface area contributed by atoms with E-state index in [1.54, 1.807) is 0 Å². The van der Waals surface area contributed by atoms with Crippen LogP contribution in [0.2, 0.25) is 0 Å². The number of urea groups is 1. The molecule has 0 aromatic rings. The van der Waals surface area contributed by atoms with E-state index < -0.39 is 0 Å². The van der Waals surface area contributed by atoms with Crippen molar-refractivity contribution < 1.29 is 4.79 Å². The van der Waals surface area contributed by atoms with E-state index in [0.29, 0.717) is 18.0 Å². The maximum absolute atomic E-state index is 12.2. The van der Waals surface area contributed by atoms with Crippen molar-refractivity contribution in [2.45, 2.75) is 71.9 Å². The standard InChI is InChI=1S/C17H35N3O/c1-14(2)10-13-20(16-8-9-16)17(21)18-11-6-7-12-19(5)15(3)4/h14-16H,6-13H2,1-5H3,(H,18,21). The second-order valence-electron chi connectivity index (χ2n) is 7.12. The van der Waals surface area contributed by atoms with Crippen LogP contribution in [-0.2, 0) is 0 Å². The van der Waals surface area contributed by atoms with Crippen LogP contribution in [0.4, 0.5) is 4.79 Å².